The van der Waals surface area contributed by atoms with Crippen molar-refractivity contribution in [1.29, 1.82) is 0 Å². The van der Waals surface area contributed by atoms with E-state index in [-0.39, 0.29) is 23.4 Å². The lowest BCUT2D eigenvalue weighted by atomic mass is 9.75. The highest BCUT2D eigenvalue weighted by Gasteiger charge is 2.31. The first-order valence-electron chi connectivity index (χ1n) is 10.9. The van der Waals surface area contributed by atoms with E-state index < -0.39 is 23.0 Å². The molecule has 1 aromatic carbocycles. The van der Waals surface area contributed by atoms with E-state index >= 15 is 0 Å². The zero-order valence-electron chi connectivity index (χ0n) is 18.0. The fourth-order valence-corrected chi connectivity index (χ4v) is 4.69. The fraction of sp³-hybridized carbons (Fsp3) is 0.462. The van der Waals surface area contributed by atoms with E-state index in [0.717, 1.165) is 50.4 Å². The lowest BCUT2D eigenvalue weighted by Crippen LogP contribution is -2.33. The van der Waals surface area contributed by atoms with Crippen LogP contribution < -0.4 is 0 Å². The molecular formula is C26H30F4O. The summed E-state index contributed by atoms with van der Waals surface area (Å²) in [6, 6.07) is 4.85. The molecule has 0 bridgehead atoms. The van der Waals surface area contributed by atoms with Crippen LogP contribution >= 0.6 is 0 Å². The topological polar surface area (TPSA) is 9.23 Å². The highest BCUT2D eigenvalue weighted by atomic mass is 19.2. The summed E-state index contributed by atoms with van der Waals surface area (Å²) < 4.78 is 60.5. The van der Waals surface area contributed by atoms with Gasteiger partial charge in [-0.1, -0.05) is 32.2 Å². The number of hydrogen-bond donors (Lipinski definition) is 0. The molecule has 2 atom stereocenters. The predicted molar refractivity (Wildman–Crippen MR) is 117 cm³/mol. The van der Waals surface area contributed by atoms with Crippen LogP contribution in [-0.4, -0.2) is 12.7 Å². The van der Waals surface area contributed by atoms with Gasteiger partial charge in [0.05, 0.1) is 18.0 Å². The summed E-state index contributed by atoms with van der Waals surface area (Å²) in [5.74, 6) is -1.47. The molecular weight excluding hydrogens is 404 g/mol. The van der Waals surface area contributed by atoms with Crippen molar-refractivity contribution >= 4 is 5.57 Å². The third-order valence-corrected chi connectivity index (χ3v) is 6.61. The van der Waals surface area contributed by atoms with E-state index in [1.807, 2.05) is 6.07 Å². The van der Waals surface area contributed by atoms with Crippen LogP contribution in [0.25, 0.3) is 5.57 Å². The Labute approximate surface area is 182 Å². The lowest BCUT2D eigenvalue weighted by molar-refractivity contribution is -0.0523. The Hall–Kier alpha value is -2.14. The number of allylic oxidation sites excluding steroid dienone is 5. The highest BCUT2D eigenvalue weighted by molar-refractivity contribution is 5.74. The van der Waals surface area contributed by atoms with E-state index in [2.05, 4.69) is 20.1 Å². The van der Waals surface area contributed by atoms with Crippen molar-refractivity contribution in [3.8, 4) is 0 Å². The van der Waals surface area contributed by atoms with Gasteiger partial charge in [-0.25, -0.2) is 17.6 Å². The molecule has 1 heterocycles. The average molecular weight is 435 g/mol. The maximum absolute atomic E-state index is 14.7. The van der Waals surface area contributed by atoms with Gasteiger partial charge in [0, 0.05) is 12.2 Å². The standard InChI is InChI=1S/C26H30F4O/c1-16-4-11-26(31-15-16)20-7-5-19(6-8-20)21-9-10-22(25(30)13-21)17(2)12-24(29)23(14-27)18(3)28/h9-10,12-14,16,19-20,26H,2-8,11,15H2,1H3/b23-14+,24-12+. The predicted octanol–water partition coefficient (Wildman–Crippen LogP) is 8.12. The normalized spacial score (nSPS) is 27.8. The highest BCUT2D eigenvalue weighted by Crippen LogP contribution is 2.40. The van der Waals surface area contributed by atoms with Crippen LogP contribution in [0.2, 0.25) is 0 Å². The summed E-state index contributed by atoms with van der Waals surface area (Å²) in [7, 11) is 0. The van der Waals surface area contributed by atoms with Gasteiger partial charge < -0.3 is 4.74 Å². The zero-order valence-corrected chi connectivity index (χ0v) is 18.0. The van der Waals surface area contributed by atoms with Crippen LogP contribution in [0.15, 0.2) is 61.0 Å². The summed E-state index contributed by atoms with van der Waals surface area (Å²) in [6.45, 7) is 9.58. The van der Waals surface area contributed by atoms with Crippen molar-refractivity contribution in [3.05, 3.63) is 77.9 Å². The molecule has 2 fully saturated rings. The molecule has 0 radical (unpaired) electrons. The Bertz CT molecular complexity index is 869. The van der Waals surface area contributed by atoms with Crippen LogP contribution in [-0.2, 0) is 4.74 Å². The molecule has 1 aromatic rings. The molecule has 1 saturated carbocycles. The molecule has 0 aromatic heterocycles. The quantitative estimate of drug-likeness (QED) is 0.324. The van der Waals surface area contributed by atoms with E-state index in [9.17, 15) is 17.6 Å². The van der Waals surface area contributed by atoms with E-state index in [0.29, 0.717) is 17.9 Å². The third-order valence-electron chi connectivity index (χ3n) is 6.61. The molecule has 31 heavy (non-hydrogen) atoms. The zero-order chi connectivity index (χ0) is 22.5. The van der Waals surface area contributed by atoms with E-state index in [4.69, 9.17) is 4.74 Å². The average Bonchev–Trinajstić information content (AvgIpc) is 2.74. The Kier molecular flexibility index (Phi) is 7.93. The SMILES string of the molecule is C=C(F)C(=C\F)/C(F)=C\C(=C)c1ccc(C2CCC(C3CCC(C)CO3)CC2)cc1F. The Balaban J connectivity index is 1.63. The fourth-order valence-electron chi connectivity index (χ4n) is 4.69. The smallest absolute Gasteiger partial charge is 0.136 e. The minimum Gasteiger partial charge on any atom is -0.378 e. The first-order chi connectivity index (χ1) is 14.8. The van der Waals surface area contributed by atoms with Crippen molar-refractivity contribution in [3.63, 3.8) is 0 Å². The number of halogens is 4. The van der Waals surface area contributed by atoms with E-state index in [1.54, 1.807) is 6.07 Å². The van der Waals surface area contributed by atoms with Gasteiger partial charge in [-0.15, -0.1) is 0 Å². The number of benzene rings is 1. The largest absolute Gasteiger partial charge is 0.378 e. The molecule has 1 saturated heterocycles. The summed E-state index contributed by atoms with van der Waals surface area (Å²) in [4.78, 5) is 0. The summed E-state index contributed by atoms with van der Waals surface area (Å²) in [6.07, 6.45) is 7.40. The Morgan fingerprint density at radius 1 is 1.06 bits per heavy atom. The Morgan fingerprint density at radius 2 is 1.77 bits per heavy atom. The molecule has 2 unspecified atom stereocenters. The Morgan fingerprint density at radius 3 is 2.32 bits per heavy atom. The second-order valence-corrected chi connectivity index (χ2v) is 8.85. The minimum atomic E-state index is -1.25. The van der Waals surface area contributed by atoms with Crippen molar-refractivity contribution in [2.75, 3.05) is 6.61 Å². The third kappa shape index (κ3) is 5.76. The van der Waals surface area contributed by atoms with Crippen molar-refractivity contribution in [2.45, 2.75) is 57.5 Å². The molecule has 2 aliphatic rings. The van der Waals surface area contributed by atoms with Gasteiger partial charge in [0.15, 0.2) is 0 Å². The van der Waals surface area contributed by atoms with Gasteiger partial charge in [0.1, 0.15) is 17.5 Å². The molecule has 168 valence electrons. The molecule has 1 aliphatic carbocycles. The van der Waals surface area contributed by atoms with Gasteiger partial charge in [-0.05, 0) is 79.6 Å². The summed E-state index contributed by atoms with van der Waals surface area (Å²) in [5.41, 5.74) is 0.0949. The van der Waals surface area contributed by atoms with Crippen molar-refractivity contribution in [1.82, 2.24) is 0 Å². The molecule has 0 amide bonds. The number of ether oxygens (including phenoxy) is 1. The summed E-state index contributed by atoms with van der Waals surface area (Å²) in [5, 5.41) is 0. The van der Waals surface area contributed by atoms with Crippen molar-refractivity contribution in [2.24, 2.45) is 11.8 Å². The summed E-state index contributed by atoms with van der Waals surface area (Å²) >= 11 is 0. The molecule has 0 spiro atoms. The molecule has 3 rings (SSSR count). The first kappa shape index (κ1) is 23.5. The minimum absolute atomic E-state index is 0.00506. The second kappa shape index (κ2) is 10.4. The van der Waals surface area contributed by atoms with Crippen molar-refractivity contribution < 1.29 is 22.3 Å². The number of hydrogen-bond acceptors (Lipinski definition) is 1. The second-order valence-electron chi connectivity index (χ2n) is 8.85. The van der Waals surface area contributed by atoms with Crippen LogP contribution in [0.4, 0.5) is 17.6 Å². The molecule has 1 nitrogen and oxygen atoms in total. The van der Waals surface area contributed by atoms with Gasteiger partial charge >= 0.3 is 0 Å². The first-order valence-corrected chi connectivity index (χ1v) is 10.9. The van der Waals surface area contributed by atoms with Gasteiger partial charge in [-0.2, -0.15) is 0 Å². The molecule has 5 heteroatoms. The number of rotatable bonds is 6. The van der Waals surface area contributed by atoms with Gasteiger partial charge in [0.2, 0.25) is 0 Å². The molecule has 1 aliphatic heterocycles. The maximum atomic E-state index is 14.7. The van der Waals surface area contributed by atoms with Crippen LogP contribution in [0, 0.1) is 17.7 Å². The van der Waals surface area contributed by atoms with Crippen LogP contribution in [0.5, 0.6) is 0 Å². The molecule has 0 N–H and O–H groups in total. The van der Waals surface area contributed by atoms with Crippen LogP contribution in [0.1, 0.15) is 62.5 Å². The van der Waals surface area contributed by atoms with Gasteiger partial charge in [0.25, 0.3) is 0 Å². The van der Waals surface area contributed by atoms with E-state index in [1.165, 1.54) is 12.5 Å². The monoisotopic (exact) mass is 434 g/mol. The van der Waals surface area contributed by atoms with Crippen LogP contribution in [0.3, 0.4) is 0 Å². The lowest BCUT2D eigenvalue weighted by Gasteiger charge is -2.37. The maximum Gasteiger partial charge on any atom is 0.136 e. The van der Waals surface area contributed by atoms with Gasteiger partial charge in [-0.3, -0.25) is 0 Å².